The minimum absolute atomic E-state index is 0.119. The molecule has 0 radical (unpaired) electrons. The van der Waals surface area contributed by atoms with Gasteiger partial charge in [-0.3, -0.25) is 0 Å². The van der Waals surface area contributed by atoms with E-state index >= 15 is 0 Å². The molecule has 0 atom stereocenters. The van der Waals surface area contributed by atoms with Crippen LogP contribution in [0.15, 0.2) is 36.7 Å². The van der Waals surface area contributed by atoms with Crippen molar-refractivity contribution in [1.29, 1.82) is 0 Å². The number of hydrogen-bond donors (Lipinski definition) is 0. The highest BCUT2D eigenvalue weighted by atomic mass is 19.3. The number of ether oxygens (including phenoxy) is 1. The van der Waals surface area contributed by atoms with Crippen LogP contribution in [-0.4, -0.2) is 21.6 Å². The highest BCUT2D eigenvalue weighted by Crippen LogP contribution is 2.16. The van der Waals surface area contributed by atoms with Gasteiger partial charge in [-0.15, -0.1) is 5.10 Å². The molecular weight excluding hydrogens is 204 g/mol. The molecule has 0 amide bonds. The van der Waals surface area contributed by atoms with Crippen molar-refractivity contribution in [3.63, 3.8) is 0 Å². The highest BCUT2D eigenvalue weighted by molar-refractivity contribution is 5.36. The van der Waals surface area contributed by atoms with Gasteiger partial charge >= 0.3 is 6.61 Å². The van der Waals surface area contributed by atoms with Crippen molar-refractivity contribution in [3.8, 4) is 11.4 Å². The molecule has 2 rings (SSSR count). The first-order chi connectivity index (χ1) is 7.25. The maximum atomic E-state index is 11.8. The van der Waals surface area contributed by atoms with Crippen LogP contribution in [0.3, 0.4) is 0 Å². The summed E-state index contributed by atoms with van der Waals surface area (Å²) in [6.07, 6.45) is 3.19. The van der Waals surface area contributed by atoms with E-state index in [-0.39, 0.29) is 5.75 Å². The molecule has 6 heteroatoms. The molecule has 1 aromatic heterocycles. The normalized spacial score (nSPS) is 10.6. The van der Waals surface area contributed by atoms with Gasteiger partial charge in [-0.05, 0) is 24.3 Å². The van der Waals surface area contributed by atoms with E-state index in [1.165, 1.54) is 23.0 Å². The molecule has 0 aliphatic rings. The van der Waals surface area contributed by atoms with Crippen LogP contribution in [0.1, 0.15) is 0 Å². The summed E-state index contributed by atoms with van der Waals surface area (Å²) < 4.78 is 29.4. The summed E-state index contributed by atoms with van der Waals surface area (Å²) in [5.41, 5.74) is 0.731. The topological polar surface area (TPSA) is 39.9 Å². The quantitative estimate of drug-likeness (QED) is 0.778. The average molecular weight is 211 g/mol. The average Bonchev–Trinajstić information content (AvgIpc) is 2.71. The van der Waals surface area contributed by atoms with Crippen LogP contribution >= 0.6 is 0 Å². The summed E-state index contributed by atoms with van der Waals surface area (Å²) in [4.78, 5) is 0. The van der Waals surface area contributed by atoms with E-state index in [0.717, 1.165) is 5.69 Å². The number of nitrogens with zero attached hydrogens (tertiary/aromatic N) is 3. The molecule has 78 valence electrons. The van der Waals surface area contributed by atoms with Gasteiger partial charge in [0.1, 0.15) is 5.75 Å². The molecule has 0 unspecified atom stereocenters. The molecule has 1 heterocycles. The van der Waals surface area contributed by atoms with Crippen molar-refractivity contribution in [1.82, 2.24) is 15.0 Å². The second-order valence-corrected chi connectivity index (χ2v) is 2.72. The van der Waals surface area contributed by atoms with E-state index in [1.54, 1.807) is 18.3 Å². The molecule has 0 aliphatic carbocycles. The van der Waals surface area contributed by atoms with Crippen molar-refractivity contribution >= 4 is 0 Å². The van der Waals surface area contributed by atoms with Gasteiger partial charge in [0.15, 0.2) is 0 Å². The van der Waals surface area contributed by atoms with Crippen molar-refractivity contribution < 1.29 is 13.5 Å². The summed E-state index contributed by atoms with van der Waals surface area (Å²) in [6, 6.07) is 6.13. The summed E-state index contributed by atoms with van der Waals surface area (Å²) in [7, 11) is 0. The standard InChI is InChI=1S/C9H7F2N3O/c10-9(11)15-8-3-1-7(2-4-8)14-6-5-12-13-14/h1-6,9H. The number of halogens is 2. The second-order valence-electron chi connectivity index (χ2n) is 2.72. The third-order valence-corrected chi connectivity index (χ3v) is 1.75. The second kappa shape index (κ2) is 4.04. The van der Waals surface area contributed by atoms with Crippen LogP contribution < -0.4 is 4.74 Å². The number of benzene rings is 1. The van der Waals surface area contributed by atoms with E-state index in [0.29, 0.717) is 0 Å². The molecule has 0 bridgehead atoms. The Labute approximate surface area is 84.1 Å². The summed E-state index contributed by atoms with van der Waals surface area (Å²) >= 11 is 0. The predicted molar refractivity (Wildman–Crippen MR) is 48.0 cm³/mol. The molecule has 0 N–H and O–H groups in total. The van der Waals surface area contributed by atoms with Crippen LogP contribution in [0.5, 0.6) is 5.75 Å². The fourth-order valence-corrected chi connectivity index (χ4v) is 1.13. The van der Waals surface area contributed by atoms with E-state index < -0.39 is 6.61 Å². The molecular formula is C9H7F2N3O. The van der Waals surface area contributed by atoms with Crippen LogP contribution in [0, 0.1) is 0 Å². The first kappa shape index (κ1) is 9.57. The smallest absolute Gasteiger partial charge is 0.387 e. The molecule has 0 saturated heterocycles. The zero-order valence-electron chi connectivity index (χ0n) is 7.55. The van der Waals surface area contributed by atoms with E-state index in [1.807, 2.05) is 0 Å². The fourth-order valence-electron chi connectivity index (χ4n) is 1.13. The highest BCUT2D eigenvalue weighted by Gasteiger charge is 2.04. The summed E-state index contributed by atoms with van der Waals surface area (Å²) in [5, 5.41) is 7.39. The maximum Gasteiger partial charge on any atom is 0.387 e. The third-order valence-electron chi connectivity index (χ3n) is 1.75. The lowest BCUT2D eigenvalue weighted by atomic mass is 10.3. The van der Waals surface area contributed by atoms with Gasteiger partial charge in [0, 0.05) is 0 Å². The molecule has 2 aromatic rings. The van der Waals surface area contributed by atoms with Crippen molar-refractivity contribution in [3.05, 3.63) is 36.7 Å². The molecule has 0 saturated carbocycles. The Morgan fingerprint density at radius 2 is 1.93 bits per heavy atom. The molecule has 1 aromatic carbocycles. The molecule has 0 fully saturated rings. The summed E-state index contributed by atoms with van der Waals surface area (Å²) in [6.45, 7) is -2.80. The van der Waals surface area contributed by atoms with Crippen LogP contribution in [0.25, 0.3) is 5.69 Å². The minimum atomic E-state index is -2.80. The monoisotopic (exact) mass is 211 g/mol. The number of rotatable bonds is 3. The lowest BCUT2D eigenvalue weighted by Gasteiger charge is -2.05. The van der Waals surface area contributed by atoms with Crippen molar-refractivity contribution in [2.45, 2.75) is 6.61 Å². The lowest BCUT2D eigenvalue weighted by Crippen LogP contribution is -2.02. The van der Waals surface area contributed by atoms with Crippen LogP contribution in [0.4, 0.5) is 8.78 Å². The van der Waals surface area contributed by atoms with Gasteiger partial charge in [-0.1, -0.05) is 5.21 Å². The van der Waals surface area contributed by atoms with Gasteiger partial charge in [-0.25, -0.2) is 4.68 Å². The SMILES string of the molecule is FC(F)Oc1ccc(-n2ccnn2)cc1. The first-order valence-corrected chi connectivity index (χ1v) is 4.17. The van der Waals surface area contributed by atoms with Gasteiger partial charge in [0.2, 0.25) is 0 Å². The Balaban J connectivity index is 2.17. The predicted octanol–water partition coefficient (Wildman–Crippen LogP) is 1.87. The zero-order chi connectivity index (χ0) is 10.7. The molecule has 15 heavy (non-hydrogen) atoms. The number of aromatic nitrogens is 3. The third kappa shape index (κ3) is 2.28. The van der Waals surface area contributed by atoms with E-state index in [9.17, 15) is 8.78 Å². The first-order valence-electron chi connectivity index (χ1n) is 4.17. The van der Waals surface area contributed by atoms with Gasteiger partial charge in [-0.2, -0.15) is 8.78 Å². The summed E-state index contributed by atoms with van der Waals surface area (Å²) in [5.74, 6) is 0.119. The largest absolute Gasteiger partial charge is 0.435 e. The molecule has 0 spiro atoms. The number of hydrogen-bond acceptors (Lipinski definition) is 3. The minimum Gasteiger partial charge on any atom is -0.435 e. The Morgan fingerprint density at radius 1 is 1.20 bits per heavy atom. The van der Waals surface area contributed by atoms with Gasteiger partial charge in [0.05, 0.1) is 18.1 Å². The number of alkyl halides is 2. The fraction of sp³-hybridized carbons (Fsp3) is 0.111. The van der Waals surface area contributed by atoms with E-state index in [4.69, 9.17) is 0 Å². The van der Waals surface area contributed by atoms with Gasteiger partial charge in [0.25, 0.3) is 0 Å². The Bertz CT molecular complexity index is 413. The zero-order valence-corrected chi connectivity index (χ0v) is 7.55. The Hall–Kier alpha value is -1.98. The maximum absolute atomic E-state index is 11.8. The Kier molecular flexibility index (Phi) is 2.57. The van der Waals surface area contributed by atoms with E-state index in [2.05, 4.69) is 15.0 Å². The lowest BCUT2D eigenvalue weighted by molar-refractivity contribution is -0.0498. The Morgan fingerprint density at radius 3 is 2.47 bits per heavy atom. The molecule has 0 aliphatic heterocycles. The van der Waals surface area contributed by atoms with Crippen LogP contribution in [-0.2, 0) is 0 Å². The molecule has 4 nitrogen and oxygen atoms in total. The van der Waals surface area contributed by atoms with Gasteiger partial charge < -0.3 is 4.74 Å². The van der Waals surface area contributed by atoms with Crippen molar-refractivity contribution in [2.75, 3.05) is 0 Å². The van der Waals surface area contributed by atoms with Crippen molar-refractivity contribution in [2.24, 2.45) is 0 Å². The van der Waals surface area contributed by atoms with Crippen LogP contribution in [0.2, 0.25) is 0 Å².